The van der Waals surface area contributed by atoms with E-state index in [1.54, 1.807) is 0 Å². The Bertz CT molecular complexity index is 279. The van der Waals surface area contributed by atoms with Crippen LogP contribution in [0.2, 0.25) is 0 Å². The lowest BCUT2D eigenvalue weighted by Crippen LogP contribution is -2.04. The van der Waals surface area contributed by atoms with Gasteiger partial charge in [0.15, 0.2) is 0 Å². The molecule has 1 aromatic carbocycles. The maximum atomic E-state index is 10.9. The summed E-state index contributed by atoms with van der Waals surface area (Å²) in [4.78, 5) is 10.9. The Morgan fingerprint density at radius 2 is 1.85 bits per heavy atom. The number of methoxy groups -OCH3 is 1. The van der Waals surface area contributed by atoms with Crippen molar-refractivity contribution in [3.63, 3.8) is 0 Å². The van der Waals surface area contributed by atoms with E-state index in [1.165, 1.54) is 7.11 Å². The van der Waals surface area contributed by atoms with E-state index in [0.717, 1.165) is 11.1 Å². The van der Waals surface area contributed by atoms with Crippen LogP contribution in [0.15, 0.2) is 24.3 Å². The lowest BCUT2D eigenvalue weighted by atomic mass is 10.1. The Balaban J connectivity index is 2.64. The van der Waals surface area contributed by atoms with E-state index in [-0.39, 0.29) is 5.97 Å². The predicted octanol–water partition coefficient (Wildman–Crippen LogP) is 0.861. The van der Waals surface area contributed by atoms with Crippen LogP contribution in [0.3, 0.4) is 0 Å². The van der Waals surface area contributed by atoms with Crippen molar-refractivity contribution in [3.05, 3.63) is 35.4 Å². The summed E-state index contributed by atoms with van der Waals surface area (Å²) in [5.74, 6) is -0.222. The molecule has 1 aromatic rings. The number of carbonyl (C=O) groups excluding carboxylic acids is 1. The zero-order valence-corrected chi connectivity index (χ0v) is 7.62. The third kappa shape index (κ3) is 2.87. The molecule has 3 nitrogen and oxygen atoms in total. The van der Waals surface area contributed by atoms with Crippen molar-refractivity contribution in [1.29, 1.82) is 0 Å². The highest BCUT2D eigenvalue weighted by Gasteiger charge is 2.01. The zero-order valence-electron chi connectivity index (χ0n) is 7.62. The van der Waals surface area contributed by atoms with E-state index in [4.69, 9.17) is 5.73 Å². The lowest BCUT2D eigenvalue weighted by molar-refractivity contribution is -0.139. The molecule has 0 aliphatic heterocycles. The first-order valence-electron chi connectivity index (χ1n) is 4.11. The van der Waals surface area contributed by atoms with Crippen LogP contribution in [0.1, 0.15) is 11.1 Å². The fourth-order valence-corrected chi connectivity index (χ4v) is 1.03. The summed E-state index contributed by atoms with van der Waals surface area (Å²) in [6.07, 6.45) is 0.321. The van der Waals surface area contributed by atoms with E-state index < -0.39 is 0 Å². The van der Waals surface area contributed by atoms with Gasteiger partial charge in [-0.15, -0.1) is 0 Å². The van der Waals surface area contributed by atoms with Crippen molar-refractivity contribution in [2.24, 2.45) is 5.73 Å². The Morgan fingerprint density at radius 3 is 2.31 bits per heavy atom. The van der Waals surface area contributed by atoms with E-state index in [0.29, 0.717) is 13.0 Å². The van der Waals surface area contributed by atoms with Crippen LogP contribution in [0, 0.1) is 0 Å². The van der Waals surface area contributed by atoms with Gasteiger partial charge in [-0.3, -0.25) is 4.79 Å². The van der Waals surface area contributed by atoms with Crippen molar-refractivity contribution in [3.8, 4) is 0 Å². The van der Waals surface area contributed by atoms with Gasteiger partial charge in [-0.1, -0.05) is 24.3 Å². The van der Waals surface area contributed by atoms with Gasteiger partial charge in [0.25, 0.3) is 0 Å². The zero-order chi connectivity index (χ0) is 9.68. The van der Waals surface area contributed by atoms with Crippen LogP contribution in [0.5, 0.6) is 0 Å². The van der Waals surface area contributed by atoms with Crippen LogP contribution < -0.4 is 5.73 Å². The molecule has 0 atom stereocenters. The summed E-state index contributed by atoms with van der Waals surface area (Å²) in [6.45, 7) is 0.526. The number of ether oxygens (including phenoxy) is 1. The first-order chi connectivity index (χ1) is 6.26. The molecule has 0 radical (unpaired) electrons. The second-order valence-corrected chi connectivity index (χ2v) is 2.77. The minimum Gasteiger partial charge on any atom is -0.469 e. The van der Waals surface area contributed by atoms with E-state index in [9.17, 15) is 4.79 Å². The first-order valence-corrected chi connectivity index (χ1v) is 4.11. The molecule has 0 aliphatic rings. The molecular weight excluding hydrogens is 166 g/mol. The SMILES string of the molecule is COC(=O)Cc1ccc(CN)cc1. The average molecular weight is 179 g/mol. The molecule has 0 aliphatic carbocycles. The highest BCUT2D eigenvalue weighted by molar-refractivity contribution is 5.72. The largest absolute Gasteiger partial charge is 0.469 e. The summed E-state index contributed by atoms with van der Waals surface area (Å²) in [6, 6.07) is 7.61. The van der Waals surface area contributed by atoms with Gasteiger partial charge in [0.2, 0.25) is 0 Å². The quantitative estimate of drug-likeness (QED) is 0.700. The minimum absolute atomic E-state index is 0.222. The van der Waals surface area contributed by atoms with Gasteiger partial charge in [0.1, 0.15) is 0 Å². The molecule has 0 fully saturated rings. The Kier molecular flexibility index (Phi) is 3.46. The highest BCUT2D eigenvalue weighted by atomic mass is 16.5. The minimum atomic E-state index is -0.222. The van der Waals surface area contributed by atoms with Crippen LogP contribution in [0.4, 0.5) is 0 Å². The maximum absolute atomic E-state index is 10.9. The molecule has 0 amide bonds. The second-order valence-electron chi connectivity index (χ2n) is 2.77. The topological polar surface area (TPSA) is 52.3 Å². The first kappa shape index (κ1) is 9.74. The molecule has 0 saturated heterocycles. The van der Waals surface area contributed by atoms with Gasteiger partial charge in [-0.05, 0) is 11.1 Å². The molecule has 0 spiro atoms. The molecule has 0 unspecified atom stereocenters. The number of rotatable bonds is 3. The molecule has 1 rings (SSSR count). The van der Waals surface area contributed by atoms with Gasteiger partial charge < -0.3 is 10.5 Å². The molecule has 0 heterocycles. The maximum Gasteiger partial charge on any atom is 0.309 e. The van der Waals surface area contributed by atoms with Gasteiger partial charge in [0.05, 0.1) is 13.5 Å². The Morgan fingerprint density at radius 1 is 1.31 bits per heavy atom. The molecule has 2 N–H and O–H groups in total. The van der Waals surface area contributed by atoms with Crippen molar-refractivity contribution >= 4 is 5.97 Å². The van der Waals surface area contributed by atoms with Crippen molar-refractivity contribution in [2.45, 2.75) is 13.0 Å². The van der Waals surface area contributed by atoms with Crippen LogP contribution in [-0.4, -0.2) is 13.1 Å². The number of hydrogen-bond donors (Lipinski definition) is 1. The monoisotopic (exact) mass is 179 g/mol. The smallest absolute Gasteiger partial charge is 0.309 e. The Hall–Kier alpha value is -1.35. The molecule has 70 valence electrons. The van der Waals surface area contributed by atoms with Crippen LogP contribution in [-0.2, 0) is 22.5 Å². The van der Waals surface area contributed by atoms with E-state index in [1.807, 2.05) is 24.3 Å². The van der Waals surface area contributed by atoms with E-state index >= 15 is 0 Å². The highest BCUT2D eigenvalue weighted by Crippen LogP contribution is 2.04. The van der Waals surface area contributed by atoms with E-state index in [2.05, 4.69) is 4.74 Å². The summed E-state index contributed by atoms with van der Waals surface area (Å²) in [7, 11) is 1.39. The molecule has 0 saturated carbocycles. The number of nitrogens with two attached hydrogens (primary N) is 1. The van der Waals surface area contributed by atoms with Gasteiger partial charge in [0, 0.05) is 6.54 Å². The van der Waals surface area contributed by atoms with Crippen LogP contribution in [0.25, 0.3) is 0 Å². The number of hydrogen-bond acceptors (Lipinski definition) is 3. The molecule has 0 aromatic heterocycles. The summed E-state index contributed by atoms with van der Waals surface area (Å²) < 4.78 is 4.55. The number of benzene rings is 1. The fraction of sp³-hybridized carbons (Fsp3) is 0.300. The average Bonchev–Trinajstić information content (AvgIpc) is 2.19. The molecule has 13 heavy (non-hydrogen) atoms. The standard InChI is InChI=1S/C10H13NO2/c1-13-10(12)6-8-2-4-9(7-11)5-3-8/h2-5H,6-7,11H2,1H3. The molecular formula is C10H13NO2. The van der Waals surface area contributed by atoms with Crippen molar-refractivity contribution < 1.29 is 9.53 Å². The van der Waals surface area contributed by atoms with Gasteiger partial charge in [-0.25, -0.2) is 0 Å². The second kappa shape index (κ2) is 4.62. The summed E-state index contributed by atoms with van der Waals surface area (Å²) in [5.41, 5.74) is 7.45. The fourth-order valence-electron chi connectivity index (χ4n) is 1.03. The summed E-state index contributed by atoms with van der Waals surface area (Å²) in [5, 5.41) is 0. The number of esters is 1. The Labute approximate surface area is 77.5 Å². The summed E-state index contributed by atoms with van der Waals surface area (Å²) >= 11 is 0. The number of carbonyl (C=O) groups is 1. The van der Waals surface area contributed by atoms with Crippen LogP contribution >= 0.6 is 0 Å². The lowest BCUT2D eigenvalue weighted by Gasteiger charge is -2.00. The van der Waals surface area contributed by atoms with Gasteiger partial charge in [-0.2, -0.15) is 0 Å². The third-order valence-electron chi connectivity index (χ3n) is 1.83. The molecule has 0 bridgehead atoms. The van der Waals surface area contributed by atoms with Crippen molar-refractivity contribution in [2.75, 3.05) is 7.11 Å². The predicted molar refractivity (Wildman–Crippen MR) is 50.1 cm³/mol. The normalized spacial score (nSPS) is 9.69. The molecule has 3 heteroatoms. The van der Waals surface area contributed by atoms with Gasteiger partial charge >= 0.3 is 5.97 Å². The van der Waals surface area contributed by atoms with Crippen molar-refractivity contribution in [1.82, 2.24) is 0 Å². The third-order valence-corrected chi connectivity index (χ3v) is 1.83.